The minimum Gasteiger partial charge on any atom is -0.481 e. The summed E-state index contributed by atoms with van der Waals surface area (Å²) in [6, 6.07) is 6.32. The number of ether oxygens (including phenoxy) is 1. The largest absolute Gasteiger partial charge is 0.481 e. The number of benzene rings is 1. The summed E-state index contributed by atoms with van der Waals surface area (Å²) in [7, 11) is 0. The molecular weight excluding hydrogens is 366 g/mol. The van der Waals surface area contributed by atoms with Gasteiger partial charge in [-0.15, -0.1) is 0 Å². The number of carbonyl (C=O) groups excluding carboxylic acids is 3. The van der Waals surface area contributed by atoms with Crippen LogP contribution in [-0.2, 0) is 9.59 Å². The highest BCUT2D eigenvalue weighted by molar-refractivity contribution is 9.10. The second-order valence-electron chi connectivity index (χ2n) is 5.45. The van der Waals surface area contributed by atoms with Crippen LogP contribution in [-0.4, -0.2) is 34.5 Å². The van der Waals surface area contributed by atoms with Crippen LogP contribution in [0.15, 0.2) is 28.7 Å². The fraction of sp³-hybridized carbons (Fsp3) is 0.400. The van der Waals surface area contributed by atoms with E-state index in [0.717, 1.165) is 4.47 Å². The Balaban J connectivity index is 2.00. The van der Waals surface area contributed by atoms with E-state index in [2.05, 4.69) is 26.7 Å². The minimum atomic E-state index is -1.000. The Bertz CT molecular complexity index is 634. The third kappa shape index (κ3) is 3.64. The fourth-order valence-corrected chi connectivity index (χ4v) is 2.26. The Labute approximate surface area is 142 Å². The molecule has 1 aromatic carbocycles. The summed E-state index contributed by atoms with van der Waals surface area (Å²) in [5, 5.41) is 3.26. The van der Waals surface area contributed by atoms with E-state index in [-0.39, 0.29) is 0 Å². The number of hydrazine groups is 1. The molecule has 1 unspecified atom stereocenters. The van der Waals surface area contributed by atoms with Crippen molar-refractivity contribution in [3.63, 3.8) is 0 Å². The highest BCUT2D eigenvalue weighted by Gasteiger charge is 2.47. The second-order valence-corrected chi connectivity index (χ2v) is 6.36. The van der Waals surface area contributed by atoms with Gasteiger partial charge in [0.1, 0.15) is 11.3 Å². The van der Waals surface area contributed by atoms with Crippen molar-refractivity contribution in [1.29, 1.82) is 0 Å². The maximum atomic E-state index is 12.2. The quantitative estimate of drug-likeness (QED) is 0.760. The molecule has 4 amide bonds. The van der Waals surface area contributed by atoms with Gasteiger partial charge in [0.25, 0.3) is 11.8 Å². The molecule has 2 atom stereocenters. The van der Waals surface area contributed by atoms with E-state index < -0.39 is 29.5 Å². The molecule has 0 spiro atoms. The molecule has 0 radical (unpaired) electrons. The predicted octanol–water partition coefficient (Wildman–Crippen LogP) is 1.97. The van der Waals surface area contributed by atoms with Gasteiger partial charge in [0.05, 0.1) is 0 Å². The summed E-state index contributed by atoms with van der Waals surface area (Å²) >= 11 is 3.31. The van der Waals surface area contributed by atoms with Crippen LogP contribution in [0.2, 0.25) is 0 Å². The molecule has 1 aromatic rings. The van der Waals surface area contributed by atoms with Gasteiger partial charge in [-0.3, -0.25) is 15.0 Å². The van der Waals surface area contributed by atoms with E-state index in [0.29, 0.717) is 17.2 Å². The molecule has 7 nitrogen and oxygen atoms in total. The monoisotopic (exact) mass is 383 g/mol. The zero-order chi connectivity index (χ0) is 17.2. The van der Waals surface area contributed by atoms with Gasteiger partial charge in [0.2, 0.25) is 0 Å². The molecule has 0 aliphatic carbocycles. The van der Waals surface area contributed by atoms with Crippen LogP contribution < -0.4 is 15.5 Å². The minimum absolute atomic E-state index is 0.425. The summed E-state index contributed by atoms with van der Waals surface area (Å²) in [5.74, 6) is -0.572. The Hall–Kier alpha value is -2.09. The van der Waals surface area contributed by atoms with Crippen LogP contribution in [0.25, 0.3) is 0 Å². The molecule has 0 saturated carbocycles. The first-order valence-electron chi connectivity index (χ1n) is 7.16. The molecule has 23 heavy (non-hydrogen) atoms. The Morgan fingerprint density at radius 2 is 2.00 bits per heavy atom. The molecule has 1 aliphatic heterocycles. The van der Waals surface area contributed by atoms with Crippen LogP contribution in [0, 0.1) is 0 Å². The van der Waals surface area contributed by atoms with Crippen molar-refractivity contribution in [3.05, 3.63) is 28.7 Å². The van der Waals surface area contributed by atoms with Gasteiger partial charge < -0.3 is 10.1 Å². The number of rotatable bonds is 5. The van der Waals surface area contributed by atoms with Gasteiger partial charge in [-0.25, -0.2) is 4.79 Å². The van der Waals surface area contributed by atoms with E-state index in [9.17, 15) is 14.4 Å². The highest BCUT2D eigenvalue weighted by Crippen LogP contribution is 2.20. The summed E-state index contributed by atoms with van der Waals surface area (Å²) in [5.41, 5.74) is 1.30. The lowest BCUT2D eigenvalue weighted by molar-refractivity contribution is -0.141. The summed E-state index contributed by atoms with van der Waals surface area (Å²) in [4.78, 5) is 36.2. The molecule has 8 heteroatoms. The smallest absolute Gasteiger partial charge is 0.344 e. The normalized spacial score (nSPS) is 21.8. The van der Waals surface area contributed by atoms with Crippen molar-refractivity contribution >= 4 is 33.8 Å². The maximum absolute atomic E-state index is 12.2. The Morgan fingerprint density at radius 3 is 2.52 bits per heavy atom. The van der Waals surface area contributed by atoms with Crippen molar-refractivity contribution in [2.45, 2.75) is 38.8 Å². The van der Waals surface area contributed by atoms with Crippen LogP contribution in [0.4, 0.5) is 4.79 Å². The predicted molar refractivity (Wildman–Crippen MR) is 86.4 cm³/mol. The van der Waals surface area contributed by atoms with Crippen LogP contribution in [0.3, 0.4) is 0 Å². The van der Waals surface area contributed by atoms with Crippen LogP contribution in [0.1, 0.15) is 27.2 Å². The average Bonchev–Trinajstić information content (AvgIpc) is 2.73. The van der Waals surface area contributed by atoms with E-state index in [1.807, 2.05) is 0 Å². The lowest BCUT2D eigenvalue weighted by Gasteiger charge is -2.21. The molecule has 1 fully saturated rings. The van der Waals surface area contributed by atoms with Crippen LogP contribution >= 0.6 is 15.9 Å². The molecule has 0 bridgehead atoms. The highest BCUT2D eigenvalue weighted by atomic mass is 79.9. The van der Waals surface area contributed by atoms with Gasteiger partial charge in [0, 0.05) is 4.47 Å². The first-order valence-corrected chi connectivity index (χ1v) is 7.95. The lowest BCUT2D eigenvalue weighted by atomic mass is 10.00. The molecule has 1 aliphatic rings. The Morgan fingerprint density at radius 1 is 1.39 bits per heavy atom. The molecule has 124 valence electrons. The first-order chi connectivity index (χ1) is 10.8. The Kier molecular flexibility index (Phi) is 4.93. The van der Waals surface area contributed by atoms with Crippen molar-refractivity contribution < 1.29 is 19.1 Å². The number of hydrogen-bond acceptors (Lipinski definition) is 4. The summed E-state index contributed by atoms with van der Waals surface area (Å²) in [6.45, 7) is 4.93. The number of imide groups is 1. The van der Waals surface area contributed by atoms with Crippen molar-refractivity contribution in [2.24, 2.45) is 0 Å². The van der Waals surface area contributed by atoms with E-state index in [1.54, 1.807) is 38.1 Å². The lowest BCUT2D eigenvalue weighted by Crippen LogP contribution is -2.51. The van der Waals surface area contributed by atoms with E-state index >= 15 is 0 Å². The van der Waals surface area contributed by atoms with Crippen molar-refractivity contribution in [3.8, 4) is 5.75 Å². The van der Waals surface area contributed by atoms with Gasteiger partial charge in [-0.2, -0.15) is 5.01 Å². The number of carbonyl (C=O) groups is 3. The third-order valence-corrected chi connectivity index (χ3v) is 4.21. The first kappa shape index (κ1) is 17.3. The van der Waals surface area contributed by atoms with Crippen molar-refractivity contribution in [1.82, 2.24) is 15.8 Å². The average molecular weight is 384 g/mol. The number of hydrogen-bond donors (Lipinski definition) is 2. The number of urea groups is 1. The molecule has 1 heterocycles. The van der Waals surface area contributed by atoms with Crippen molar-refractivity contribution in [2.75, 3.05) is 0 Å². The van der Waals surface area contributed by atoms with Crippen LogP contribution in [0.5, 0.6) is 5.75 Å². The summed E-state index contributed by atoms with van der Waals surface area (Å²) in [6.07, 6.45) is -0.445. The molecule has 1 saturated heterocycles. The van der Waals surface area contributed by atoms with Gasteiger partial charge in [-0.05, 0) is 44.5 Å². The fourth-order valence-electron chi connectivity index (χ4n) is 2.00. The summed E-state index contributed by atoms with van der Waals surface area (Å²) < 4.78 is 6.38. The standard InChI is InChI=1S/C15H18BrN3O4/c1-4-15(3)13(21)19(14(22)17-15)18-12(20)9(2)23-11-7-5-10(16)6-8-11/h5-9H,4H2,1-3H3,(H,17,22)(H,18,20)/t9-,15?/m0/s1. The maximum Gasteiger partial charge on any atom is 0.344 e. The van der Waals surface area contributed by atoms with Gasteiger partial charge >= 0.3 is 6.03 Å². The molecule has 0 aromatic heterocycles. The van der Waals surface area contributed by atoms with E-state index in [1.165, 1.54) is 6.92 Å². The van der Waals surface area contributed by atoms with Gasteiger partial charge in [-0.1, -0.05) is 22.9 Å². The topological polar surface area (TPSA) is 87.7 Å². The number of amides is 4. The molecule has 2 rings (SSSR count). The number of nitrogens with one attached hydrogen (secondary N) is 2. The second kappa shape index (κ2) is 6.57. The zero-order valence-electron chi connectivity index (χ0n) is 13.1. The molecule has 2 N–H and O–H groups in total. The number of nitrogens with zero attached hydrogens (tertiary/aromatic N) is 1. The SMILES string of the molecule is CCC1(C)NC(=O)N(NC(=O)[C@H](C)Oc2ccc(Br)cc2)C1=O. The van der Waals surface area contributed by atoms with E-state index in [4.69, 9.17) is 4.74 Å². The zero-order valence-corrected chi connectivity index (χ0v) is 14.6. The number of halogens is 1. The molecular formula is C15H18BrN3O4. The van der Waals surface area contributed by atoms with Gasteiger partial charge in [0.15, 0.2) is 6.10 Å². The third-order valence-electron chi connectivity index (χ3n) is 3.69.